The minimum atomic E-state index is -0.300. The number of halogens is 1. The highest BCUT2D eigenvalue weighted by Crippen LogP contribution is 2.36. The van der Waals surface area contributed by atoms with Crippen LogP contribution in [0.5, 0.6) is 5.75 Å². The largest absolute Gasteiger partial charge is 0.488 e. The van der Waals surface area contributed by atoms with Crippen molar-refractivity contribution in [2.75, 3.05) is 4.90 Å². The van der Waals surface area contributed by atoms with Crippen molar-refractivity contribution in [2.45, 2.75) is 13.5 Å². The second-order valence-corrected chi connectivity index (χ2v) is 8.98. The molecule has 1 heterocycles. The van der Waals surface area contributed by atoms with Crippen LogP contribution in [0.25, 0.3) is 6.08 Å². The van der Waals surface area contributed by atoms with Gasteiger partial charge < -0.3 is 4.74 Å². The zero-order valence-electron chi connectivity index (χ0n) is 16.2. The van der Waals surface area contributed by atoms with E-state index in [2.05, 4.69) is 41.6 Å². The number of amides is 2. The number of benzene rings is 3. The molecule has 6 heteroatoms. The van der Waals surface area contributed by atoms with Crippen LogP contribution in [0, 0.1) is 10.5 Å². The number of para-hydroxylation sites is 1. The lowest BCUT2D eigenvalue weighted by Crippen LogP contribution is -2.27. The average molecular weight is 527 g/mol. The van der Waals surface area contributed by atoms with E-state index in [4.69, 9.17) is 4.74 Å². The highest BCUT2D eigenvalue weighted by molar-refractivity contribution is 14.1. The summed E-state index contributed by atoms with van der Waals surface area (Å²) in [6.07, 6.45) is 1.75. The van der Waals surface area contributed by atoms with E-state index in [9.17, 15) is 9.59 Å². The summed E-state index contributed by atoms with van der Waals surface area (Å²) >= 11 is 3.18. The van der Waals surface area contributed by atoms with Gasteiger partial charge in [0.25, 0.3) is 11.1 Å². The molecule has 3 aromatic carbocycles. The van der Waals surface area contributed by atoms with E-state index in [1.165, 1.54) is 10.5 Å². The number of aryl methyl sites for hydroxylation is 1. The topological polar surface area (TPSA) is 46.6 Å². The maximum Gasteiger partial charge on any atom is 0.298 e. The van der Waals surface area contributed by atoms with Crippen LogP contribution in [-0.4, -0.2) is 11.1 Å². The monoisotopic (exact) mass is 527 g/mol. The number of hydrogen-bond donors (Lipinski definition) is 0. The van der Waals surface area contributed by atoms with E-state index >= 15 is 0 Å². The fourth-order valence-corrected chi connectivity index (χ4v) is 4.64. The molecule has 0 spiro atoms. The van der Waals surface area contributed by atoms with Gasteiger partial charge in [0.05, 0.1) is 14.2 Å². The van der Waals surface area contributed by atoms with Crippen LogP contribution < -0.4 is 9.64 Å². The van der Waals surface area contributed by atoms with Gasteiger partial charge in [0.2, 0.25) is 0 Å². The molecule has 3 aromatic rings. The fourth-order valence-electron chi connectivity index (χ4n) is 3.11. The summed E-state index contributed by atoms with van der Waals surface area (Å²) < 4.78 is 6.89. The summed E-state index contributed by atoms with van der Waals surface area (Å²) in [5.74, 6) is 0.484. The normalized spacial score (nSPS) is 15.1. The smallest absolute Gasteiger partial charge is 0.298 e. The summed E-state index contributed by atoms with van der Waals surface area (Å²) in [6.45, 7) is 2.55. The summed E-state index contributed by atoms with van der Waals surface area (Å²) in [7, 11) is 0. The van der Waals surface area contributed by atoms with Crippen LogP contribution in [0.2, 0.25) is 0 Å². The Kier molecular flexibility index (Phi) is 6.24. The first-order valence-electron chi connectivity index (χ1n) is 9.32. The van der Waals surface area contributed by atoms with Crippen LogP contribution >= 0.6 is 34.4 Å². The van der Waals surface area contributed by atoms with E-state index in [-0.39, 0.29) is 11.1 Å². The van der Waals surface area contributed by atoms with Gasteiger partial charge in [0.15, 0.2) is 0 Å². The predicted molar refractivity (Wildman–Crippen MR) is 130 cm³/mol. The van der Waals surface area contributed by atoms with Crippen molar-refractivity contribution < 1.29 is 14.3 Å². The van der Waals surface area contributed by atoms with Gasteiger partial charge in [-0.05, 0) is 82.7 Å². The molecule has 0 aromatic heterocycles. The minimum Gasteiger partial charge on any atom is -0.488 e. The van der Waals surface area contributed by atoms with Gasteiger partial charge in [-0.1, -0.05) is 54.1 Å². The lowest BCUT2D eigenvalue weighted by Gasteiger charge is -2.11. The summed E-state index contributed by atoms with van der Waals surface area (Å²) in [5.41, 5.74) is 3.74. The molecular weight excluding hydrogens is 509 g/mol. The predicted octanol–water partition coefficient (Wildman–Crippen LogP) is 6.42. The quantitative estimate of drug-likeness (QED) is 0.284. The number of carbonyl (C=O) groups is 2. The molecule has 2 amide bonds. The van der Waals surface area contributed by atoms with Gasteiger partial charge in [0.1, 0.15) is 12.4 Å². The van der Waals surface area contributed by atoms with Crippen molar-refractivity contribution in [2.24, 2.45) is 0 Å². The molecule has 1 aliphatic heterocycles. The first-order valence-corrected chi connectivity index (χ1v) is 11.2. The first kappa shape index (κ1) is 20.7. The van der Waals surface area contributed by atoms with Crippen LogP contribution in [0.15, 0.2) is 77.7 Å². The van der Waals surface area contributed by atoms with Crippen molar-refractivity contribution in [1.29, 1.82) is 0 Å². The van der Waals surface area contributed by atoms with Crippen molar-refractivity contribution >= 4 is 57.3 Å². The molecule has 0 radical (unpaired) electrons. The molecule has 30 heavy (non-hydrogen) atoms. The molecule has 0 bridgehead atoms. The second-order valence-electron chi connectivity index (χ2n) is 6.82. The van der Waals surface area contributed by atoms with E-state index in [1.807, 2.05) is 36.4 Å². The fraction of sp³-hybridized carbons (Fsp3) is 0.0833. The van der Waals surface area contributed by atoms with Gasteiger partial charge in [-0.3, -0.25) is 9.59 Å². The van der Waals surface area contributed by atoms with E-state index < -0.39 is 0 Å². The van der Waals surface area contributed by atoms with Crippen molar-refractivity contribution in [1.82, 2.24) is 0 Å². The molecular formula is C24H18INO3S. The molecule has 150 valence electrons. The Morgan fingerprint density at radius 3 is 2.53 bits per heavy atom. The zero-order valence-corrected chi connectivity index (χ0v) is 19.1. The third kappa shape index (κ3) is 4.60. The lowest BCUT2D eigenvalue weighted by atomic mass is 10.1. The van der Waals surface area contributed by atoms with Crippen molar-refractivity contribution in [3.63, 3.8) is 0 Å². The van der Waals surface area contributed by atoms with Gasteiger partial charge >= 0.3 is 0 Å². The van der Waals surface area contributed by atoms with Crippen LogP contribution in [0.4, 0.5) is 10.5 Å². The van der Waals surface area contributed by atoms with Crippen LogP contribution in [0.1, 0.15) is 16.7 Å². The third-order valence-electron chi connectivity index (χ3n) is 4.54. The molecule has 4 nitrogen and oxygen atoms in total. The molecule has 4 rings (SSSR count). The Morgan fingerprint density at radius 1 is 1.00 bits per heavy atom. The zero-order chi connectivity index (χ0) is 21.1. The van der Waals surface area contributed by atoms with E-state index in [0.29, 0.717) is 17.2 Å². The van der Waals surface area contributed by atoms with Gasteiger partial charge in [-0.15, -0.1) is 0 Å². The Morgan fingerprint density at radius 2 is 1.80 bits per heavy atom. The number of nitrogens with zero attached hydrogens (tertiary/aromatic N) is 1. The maximum absolute atomic E-state index is 12.7. The molecule has 1 saturated heterocycles. The Bertz CT molecular complexity index is 1140. The minimum absolute atomic E-state index is 0.287. The molecule has 0 N–H and O–H groups in total. The Labute approximate surface area is 193 Å². The summed E-state index contributed by atoms with van der Waals surface area (Å²) in [6, 6.07) is 22.9. The third-order valence-corrected chi connectivity index (χ3v) is 6.25. The van der Waals surface area contributed by atoms with Crippen LogP contribution in [-0.2, 0) is 11.4 Å². The van der Waals surface area contributed by atoms with Gasteiger partial charge in [-0.25, -0.2) is 4.90 Å². The average Bonchev–Trinajstić information content (AvgIpc) is 3.01. The second kappa shape index (κ2) is 9.06. The van der Waals surface area contributed by atoms with Crippen molar-refractivity contribution in [3.05, 3.63) is 98.0 Å². The molecule has 1 fully saturated rings. The highest BCUT2D eigenvalue weighted by Gasteiger charge is 2.36. The van der Waals surface area contributed by atoms with Crippen LogP contribution in [0.3, 0.4) is 0 Å². The number of imide groups is 1. The standard InChI is InChI=1S/C24H18INO3S/c1-16-6-5-7-18(12-16)15-29-21-11-10-17(13-20(21)25)14-22-23(27)26(24(28)30-22)19-8-3-2-4-9-19/h2-14H,15H2,1H3/b22-14-. The Balaban J connectivity index is 1.50. The first-order chi connectivity index (χ1) is 14.5. The SMILES string of the molecule is Cc1cccc(COc2ccc(/C=C3\SC(=O)N(c4ccccc4)C3=O)cc2I)c1. The molecule has 0 aliphatic carbocycles. The molecule has 0 atom stereocenters. The summed E-state index contributed by atoms with van der Waals surface area (Å²) in [5, 5.41) is -0.287. The molecule has 1 aliphatic rings. The van der Waals surface area contributed by atoms with Crippen molar-refractivity contribution in [3.8, 4) is 5.75 Å². The Hall–Kier alpha value is -2.58. The maximum atomic E-state index is 12.7. The van der Waals surface area contributed by atoms with Gasteiger partial charge in [-0.2, -0.15) is 0 Å². The molecule has 0 unspecified atom stereocenters. The lowest BCUT2D eigenvalue weighted by molar-refractivity contribution is -0.113. The number of thioether (sulfide) groups is 1. The number of carbonyl (C=O) groups excluding carboxylic acids is 2. The number of anilines is 1. The van der Waals surface area contributed by atoms with E-state index in [0.717, 1.165) is 32.2 Å². The molecule has 0 saturated carbocycles. The van der Waals surface area contributed by atoms with Gasteiger partial charge in [0, 0.05) is 0 Å². The summed E-state index contributed by atoms with van der Waals surface area (Å²) in [4.78, 5) is 26.7. The number of hydrogen-bond acceptors (Lipinski definition) is 4. The number of ether oxygens (including phenoxy) is 1. The highest BCUT2D eigenvalue weighted by atomic mass is 127. The van der Waals surface area contributed by atoms with E-state index in [1.54, 1.807) is 30.3 Å². The number of rotatable bonds is 5.